The van der Waals surface area contributed by atoms with Crippen LogP contribution in [0.25, 0.3) is 50.3 Å². The molecule has 9 rings (SSSR count). The number of aliphatic hydroxyl groups is 2. The molecule has 0 spiro atoms. The predicted molar refractivity (Wildman–Crippen MR) is 248 cm³/mol. The summed E-state index contributed by atoms with van der Waals surface area (Å²) in [4.78, 5) is 59.6. The first-order valence-corrected chi connectivity index (χ1v) is 22.5. The molecule has 3 aromatic carbocycles. The van der Waals surface area contributed by atoms with E-state index in [0.29, 0.717) is 64.9 Å². The highest BCUT2D eigenvalue weighted by molar-refractivity contribution is 5.91. The van der Waals surface area contributed by atoms with Crippen LogP contribution in [-0.4, -0.2) is 79.2 Å². The number of H-pyrrole nitrogens is 1. The number of Topliss-reactive ketones (excluding diaryl/α,β-unsaturated/α-hetero) is 1. The summed E-state index contributed by atoms with van der Waals surface area (Å²) in [6, 6.07) is 17.6. The van der Waals surface area contributed by atoms with E-state index in [9.17, 15) is 39.6 Å². The van der Waals surface area contributed by atoms with E-state index in [0.717, 1.165) is 53.2 Å². The summed E-state index contributed by atoms with van der Waals surface area (Å²) < 4.78 is 11.1. The number of fused-ring (bicyclic) bond motifs is 5. The summed E-state index contributed by atoms with van der Waals surface area (Å²) in [5.41, 5.74) is 3.20. The molecule has 16 heteroatoms. The van der Waals surface area contributed by atoms with Crippen molar-refractivity contribution in [3.8, 4) is 45.7 Å². The highest BCUT2D eigenvalue weighted by Crippen LogP contribution is 2.41. The number of amides is 1. The average molecular weight is 896 g/mol. The third-order valence-corrected chi connectivity index (χ3v) is 13.7. The number of hydrogen-bond donors (Lipinski definition) is 5. The number of nitrogens with zero attached hydrogens (tertiary/aromatic N) is 6. The van der Waals surface area contributed by atoms with Crippen molar-refractivity contribution in [2.24, 2.45) is 5.92 Å². The Labute approximate surface area is 379 Å². The van der Waals surface area contributed by atoms with Crippen LogP contribution >= 0.6 is 0 Å². The SMILES string of the molecule is CCc1c2c(nc3ccc(OC(=O)N4CCC(CCn5ccc6cc(-n7c(-c8cc(C(C)C)c(O)cc8O)n[nH]c7=O)ccc65)CC4)cc13)-c1cc([C@@](O)(CC)C(C)=O)c(CO)c(=O)n1C2. The Hall–Kier alpha value is -7.04. The first-order chi connectivity index (χ1) is 31.6. The first-order valence-electron chi connectivity index (χ1n) is 22.5. The maximum atomic E-state index is 13.7. The number of aryl methyl sites for hydroxylation is 2. The molecule has 1 fully saturated rings. The van der Waals surface area contributed by atoms with Gasteiger partial charge in [-0.3, -0.25) is 9.59 Å². The van der Waals surface area contributed by atoms with Gasteiger partial charge in [0.15, 0.2) is 11.6 Å². The van der Waals surface area contributed by atoms with Gasteiger partial charge >= 0.3 is 11.8 Å². The van der Waals surface area contributed by atoms with E-state index in [1.54, 1.807) is 36.1 Å². The zero-order valence-electron chi connectivity index (χ0n) is 37.6. The van der Waals surface area contributed by atoms with E-state index in [4.69, 9.17) is 9.72 Å². The van der Waals surface area contributed by atoms with Gasteiger partial charge < -0.3 is 39.2 Å². The number of piperidine rings is 1. The largest absolute Gasteiger partial charge is 0.508 e. The number of aromatic hydroxyl groups is 2. The Morgan fingerprint density at radius 2 is 1.74 bits per heavy atom. The number of aromatic nitrogens is 6. The molecule has 16 nitrogen and oxygen atoms in total. The van der Waals surface area contributed by atoms with Gasteiger partial charge in [-0.15, -0.1) is 0 Å². The Morgan fingerprint density at radius 3 is 2.44 bits per heavy atom. The zero-order chi connectivity index (χ0) is 46.8. The monoisotopic (exact) mass is 895 g/mol. The van der Waals surface area contributed by atoms with Crippen LogP contribution < -0.4 is 16.0 Å². The number of ketones is 1. The average Bonchev–Trinajstić information content (AvgIpc) is 4.01. The minimum Gasteiger partial charge on any atom is -0.508 e. The van der Waals surface area contributed by atoms with E-state index in [1.165, 1.54) is 22.1 Å². The van der Waals surface area contributed by atoms with Crippen LogP contribution in [0.2, 0.25) is 0 Å². The molecule has 1 amide bonds. The molecule has 1 atom stereocenters. The number of nitrogens with one attached hydrogen (secondary N) is 1. The minimum absolute atomic E-state index is 0.0184. The Morgan fingerprint density at radius 1 is 0.970 bits per heavy atom. The molecule has 0 aliphatic carbocycles. The molecule has 1 saturated heterocycles. The van der Waals surface area contributed by atoms with Crippen LogP contribution in [0.3, 0.4) is 0 Å². The number of phenols is 2. The summed E-state index contributed by atoms with van der Waals surface area (Å²) in [5.74, 6) is 0.260. The standard InChI is InChI=1S/C50H53N7O9/c1-6-33-35-21-32(9-10-40(35)51-45-37(33)25-56-42(45)23-39(38(26-58)47(56)62)50(65,7-2)28(5)59)66-49(64)55-17-13-29(14-18-55)12-16-54-19-15-30-20-31(8-11-41(30)54)57-46(52-53-48(57)63)36-22-34(27(3)4)43(60)24-44(36)61/h8-11,15,19-24,27,29,58,60-61,65H,6-7,12-14,16-18,25-26H2,1-5H3,(H,53,63)/t50-/m1/s1. The Balaban J connectivity index is 0.857. The van der Waals surface area contributed by atoms with Gasteiger partial charge in [-0.05, 0) is 117 Å². The number of rotatable bonds is 12. The molecule has 0 unspecified atom stereocenters. The van der Waals surface area contributed by atoms with E-state index in [1.807, 2.05) is 57.3 Å². The lowest BCUT2D eigenvalue weighted by molar-refractivity contribution is -0.136. The van der Waals surface area contributed by atoms with Crippen LogP contribution in [0.4, 0.5) is 4.79 Å². The van der Waals surface area contributed by atoms with Crippen LogP contribution in [0.15, 0.2) is 76.4 Å². The fourth-order valence-electron chi connectivity index (χ4n) is 9.91. The van der Waals surface area contributed by atoms with Gasteiger partial charge in [0.2, 0.25) is 0 Å². The second-order valence-corrected chi connectivity index (χ2v) is 17.8. The van der Waals surface area contributed by atoms with Crippen molar-refractivity contribution in [3.63, 3.8) is 0 Å². The normalized spacial score (nSPS) is 14.8. The number of carbonyl (C=O) groups excluding carboxylic acids is 2. The molecule has 342 valence electrons. The van der Waals surface area contributed by atoms with Crippen LogP contribution in [0, 0.1) is 5.92 Å². The first kappa shape index (κ1) is 44.2. The molecular weight excluding hydrogens is 843 g/mol. The predicted octanol–water partition coefficient (Wildman–Crippen LogP) is 7.00. The molecule has 7 aromatic rings. The maximum absolute atomic E-state index is 13.7. The topological polar surface area (TPSA) is 218 Å². The molecule has 2 aliphatic rings. The molecule has 5 N–H and O–H groups in total. The van der Waals surface area contributed by atoms with E-state index < -0.39 is 35.3 Å². The third kappa shape index (κ3) is 7.43. The molecular formula is C50H53N7O9. The van der Waals surface area contributed by atoms with E-state index in [2.05, 4.69) is 14.8 Å². The van der Waals surface area contributed by atoms with Gasteiger partial charge in [0.1, 0.15) is 22.8 Å². The Kier molecular flexibility index (Phi) is 11.4. The van der Waals surface area contributed by atoms with E-state index >= 15 is 0 Å². The van der Waals surface area contributed by atoms with Crippen molar-refractivity contribution >= 4 is 33.7 Å². The molecule has 6 heterocycles. The zero-order valence-corrected chi connectivity index (χ0v) is 37.6. The molecule has 0 radical (unpaired) electrons. The van der Waals surface area contributed by atoms with Gasteiger partial charge in [0.25, 0.3) is 5.56 Å². The van der Waals surface area contributed by atoms with Crippen LogP contribution in [0.1, 0.15) is 94.0 Å². The smallest absolute Gasteiger partial charge is 0.415 e. The number of ether oxygens (including phenoxy) is 1. The van der Waals surface area contributed by atoms with Crippen molar-refractivity contribution in [3.05, 3.63) is 116 Å². The van der Waals surface area contributed by atoms with Gasteiger partial charge in [-0.1, -0.05) is 27.7 Å². The molecule has 0 bridgehead atoms. The number of likely N-dealkylation sites (tertiary alicyclic amines) is 1. The summed E-state index contributed by atoms with van der Waals surface area (Å²) in [6.45, 7) is 10.3. The Bertz CT molecular complexity index is 3210. The summed E-state index contributed by atoms with van der Waals surface area (Å²) >= 11 is 0. The number of pyridine rings is 2. The highest BCUT2D eigenvalue weighted by atomic mass is 16.6. The third-order valence-electron chi connectivity index (χ3n) is 13.7. The van der Waals surface area contributed by atoms with Gasteiger partial charge in [-0.2, -0.15) is 5.10 Å². The second kappa shape index (κ2) is 17.1. The molecule has 2 aliphatic heterocycles. The van der Waals surface area contributed by atoms with Crippen molar-refractivity contribution in [2.75, 3.05) is 13.1 Å². The maximum Gasteiger partial charge on any atom is 0.415 e. The molecule has 0 saturated carbocycles. The molecule has 66 heavy (non-hydrogen) atoms. The summed E-state index contributed by atoms with van der Waals surface area (Å²) in [7, 11) is 0. The lowest BCUT2D eigenvalue weighted by Gasteiger charge is -2.31. The number of aromatic amines is 1. The summed E-state index contributed by atoms with van der Waals surface area (Å²) in [5, 5.41) is 51.2. The van der Waals surface area contributed by atoms with Crippen molar-refractivity contribution in [1.82, 2.24) is 33.8 Å². The fourth-order valence-corrected chi connectivity index (χ4v) is 9.91. The number of aliphatic hydroxyl groups excluding tert-OH is 1. The van der Waals surface area contributed by atoms with Gasteiger partial charge in [-0.25, -0.2) is 24.2 Å². The second-order valence-electron chi connectivity index (χ2n) is 17.8. The number of phenolic OH excluding ortho intramolecular Hbond substituents is 2. The number of hydrogen-bond acceptors (Lipinski definition) is 11. The summed E-state index contributed by atoms with van der Waals surface area (Å²) in [6.07, 6.45) is 4.79. The quantitative estimate of drug-likeness (QED) is 0.0841. The molecule has 4 aromatic heterocycles. The van der Waals surface area contributed by atoms with Crippen molar-refractivity contribution in [1.29, 1.82) is 0 Å². The highest BCUT2D eigenvalue weighted by Gasteiger charge is 2.39. The fraction of sp³-hybridized carbons (Fsp3) is 0.360. The van der Waals surface area contributed by atoms with Crippen molar-refractivity contribution < 1.29 is 34.8 Å². The van der Waals surface area contributed by atoms with Crippen LogP contribution in [-0.2, 0) is 36.5 Å². The lowest BCUT2D eigenvalue weighted by atomic mass is 9.84. The number of carbonyl (C=O) groups is 2. The van der Waals surface area contributed by atoms with Gasteiger partial charge in [0.05, 0.1) is 41.3 Å². The lowest BCUT2D eigenvalue weighted by Crippen LogP contribution is -2.40. The van der Waals surface area contributed by atoms with E-state index in [-0.39, 0.29) is 47.3 Å². The number of benzene rings is 3. The van der Waals surface area contributed by atoms with Crippen LogP contribution in [0.5, 0.6) is 17.2 Å². The van der Waals surface area contributed by atoms with Gasteiger partial charge in [0, 0.05) is 64.9 Å². The van der Waals surface area contributed by atoms with Crippen molar-refractivity contribution in [2.45, 2.75) is 97.9 Å². The minimum atomic E-state index is -1.93.